The topological polar surface area (TPSA) is 86.5 Å². The summed E-state index contributed by atoms with van der Waals surface area (Å²) in [4.78, 5) is 10.8. The van der Waals surface area contributed by atoms with Crippen LogP contribution in [-0.4, -0.2) is 45.3 Å². The number of thioether (sulfide) groups is 1. The number of hydrogen-bond acceptors (Lipinski definition) is 6. The van der Waals surface area contributed by atoms with Crippen molar-refractivity contribution >= 4 is 17.7 Å². The van der Waals surface area contributed by atoms with E-state index in [4.69, 9.17) is 14.6 Å². The van der Waals surface area contributed by atoms with Crippen LogP contribution < -0.4 is 9.47 Å². The molecule has 3 rings (SSSR count). The van der Waals surface area contributed by atoms with Crippen LogP contribution in [0, 0.1) is 0 Å². The van der Waals surface area contributed by atoms with Gasteiger partial charge >= 0.3 is 5.97 Å². The molecule has 7 nitrogen and oxygen atoms in total. The molecule has 0 saturated carbocycles. The number of nitrogens with zero attached hydrogens (tertiary/aromatic N) is 3. The molecule has 3 aromatic rings. The second-order valence-electron chi connectivity index (χ2n) is 6.01. The Labute approximate surface area is 167 Å². The molecule has 8 heteroatoms. The highest BCUT2D eigenvalue weighted by atomic mass is 32.2. The van der Waals surface area contributed by atoms with Crippen LogP contribution in [0.5, 0.6) is 11.5 Å². The van der Waals surface area contributed by atoms with Crippen molar-refractivity contribution in [3.63, 3.8) is 0 Å². The highest BCUT2D eigenvalue weighted by molar-refractivity contribution is 7.99. The predicted octanol–water partition coefficient (Wildman–Crippen LogP) is 3.28. The van der Waals surface area contributed by atoms with Gasteiger partial charge in [0.15, 0.2) is 5.16 Å². The zero-order chi connectivity index (χ0) is 19.9. The third kappa shape index (κ3) is 5.04. The van der Waals surface area contributed by atoms with E-state index in [1.165, 1.54) is 12.1 Å². The van der Waals surface area contributed by atoms with E-state index in [0.717, 1.165) is 22.3 Å². The Bertz CT molecular complexity index is 924. The summed E-state index contributed by atoms with van der Waals surface area (Å²) >= 11 is 1.56. The number of aromatic nitrogens is 3. The van der Waals surface area contributed by atoms with Gasteiger partial charge in [-0.3, -0.25) is 0 Å². The maximum Gasteiger partial charge on any atom is 0.335 e. The van der Waals surface area contributed by atoms with Gasteiger partial charge in [-0.25, -0.2) is 4.79 Å². The molecule has 0 aliphatic carbocycles. The largest absolute Gasteiger partial charge is 0.497 e. The molecule has 0 fully saturated rings. The highest BCUT2D eigenvalue weighted by Crippen LogP contribution is 2.19. The minimum Gasteiger partial charge on any atom is -0.497 e. The molecular weight excluding hydrogens is 378 g/mol. The average Bonchev–Trinajstić information content (AvgIpc) is 3.06. The Balaban J connectivity index is 1.49. The molecule has 146 valence electrons. The summed E-state index contributed by atoms with van der Waals surface area (Å²) in [5.41, 5.74) is 1.38. The fraction of sp³-hybridized carbons (Fsp3) is 0.250. The van der Waals surface area contributed by atoms with E-state index in [9.17, 15) is 4.79 Å². The summed E-state index contributed by atoms with van der Waals surface area (Å²) in [6.07, 6.45) is 0.695. The molecule has 0 amide bonds. The molecule has 1 aromatic heterocycles. The van der Waals surface area contributed by atoms with E-state index in [1.807, 2.05) is 35.9 Å². The van der Waals surface area contributed by atoms with Gasteiger partial charge in [-0.2, -0.15) is 0 Å². The van der Waals surface area contributed by atoms with Crippen molar-refractivity contribution in [2.45, 2.75) is 11.6 Å². The monoisotopic (exact) mass is 399 g/mol. The first-order valence-corrected chi connectivity index (χ1v) is 9.65. The van der Waals surface area contributed by atoms with Crippen LogP contribution in [0.15, 0.2) is 53.7 Å². The molecule has 0 aliphatic rings. The molecule has 0 bridgehead atoms. The van der Waals surface area contributed by atoms with Gasteiger partial charge < -0.3 is 19.1 Å². The van der Waals surface area contributed by atoms with Gasteiger partial charge in [0.25, 0.3) is 0 Å². The molecule has 1 heterocycles. The average molecular weight is 399 g/mol. The number of rotatable bonds is 9. The van der Waals surface area contributed by atoms with Crippen molar-refractivity contribution < 1.29 is 19.4 Å². The van der Waals surface area contributed by atoms with Crippen molar-refractivity contribution in [2.75, 3.05) is 19.5 Å². The summed E-state index contributed by atoms with van der Waals surface area (Å²) < 4.78 is 12.8. The van der Waals surface area contributed by atoms with Crippen LogP contribution in [-0.2, 0) is 13.5 Å². The van der Waals surface area contributed by atoms with Crippen molar-refractivity contribution in [1.29, 1.82) is 0 Å². The molecule has 0 saturated heterocycles. The van der Waals surface area contributed by atoms with Crippen LogP contribution in [0.4, 0.5) is 0 Å². The van der Waals surface area contributed by atoms with Crippen LogP contribution in [0.25, 0.3) is 0 Å². The molecule has 0 spiro atoms. The van der Waals surface area contributed by atoms with Crippen molar-refractivity contribution in [3.8, 4) is 11.5 Å². The van der Waals surface area contributed by atoms with E-state index >= 15 is 0 Å². The van der Waals surface area contributed by atoms with Crippen molar-refractivity contribution in [1.82, 2.24) is 14.8 Å². The number of carbonyl (C=O) groups is 1. The predicted molar refractivity (Wildman–Crippen MR) is 106 cm³/mol. The molecular formula is C20H21N3O4S. The Hall–Kier alpha value is -3.00. The lowest BCUT2D eigenvalue weighted by Gasteiger charge is -2.07. The lowest BCUT2D eigenvalue weighted by molar-refractivity contribution is 0.0697. The summed E-state index contributed by atoms with van der Waals surface area (Å²) in [5, 5.41) is 18.3. The lowest BCUT2D eigenvalue weighted by Crippen LogP contribution is -2.04. The summed E-state index contributed by atoms with van der Waals surface area (Å²) in [6.45, 7) is 0.484. The number of aromatic carboxylic acids is 1. The van der Waals surface area contributed by atoms with Crippen LogP contribution in [0.1, 0.15) is 21.7 Å². The second kappa shape index (κ2) is 9.27. The Morgan fingerprint density at radius 1 is 1.07 bits per heavy atom. The molecule has 2 aromatic carbocycles. The van der Waals surface area contributed by atoms with Crippen molar-refractivity contribution in [3.05, 3.63) is 65.5 Å². The van der Waals surface area contributed by atoms with Crippen LogP contribution in [0.3, 0.4) is 0 Å². The molecule has 0 atom stereocenters. The smallest absolute Gasteiger partial charge is 0.335 e. The van der Waals surface area contributed by atoms with Gasteiger partial charge in [0.05, 0.1) is 19.3 Å². The van der Waals surface area contributed by atoms with Gasteiger partial charge in [0, 0.05) is 19.2 Å². The van der Waals surface area contributed by atoms with Gasteiger partial charge in [-0.15, -0.1) is 10.2 Å². The first-order valence-electron chi connectivity index (χ1n) is 8.67. The highest BCUT2D eigenvalue weighted by Gasteiger charge is 2.10. The van der Waals surface area contributed by atoms with E-state index in [1.54, 1.807) is 31.0 Å². The van der Waals surface area contributed by atoms with Crippen LogP contribution in [0.2, 0.25) is 0 Å². The number of carboxylic acids is 1. The van der Waals surface area contributed by atoms with Gasteiger partial charge in [0.1, 0.15) is 17.3 Å². The van der Waals surface area contributed by atoms with Crippen molar-refractivity contribution in [2.24, 2.45) is 7.05 Å². The summed E-state index contributed by atoms with van der Waals surface area (Å²) in [6, 6.07) is 14.3. The Morgan fingerprint density at radius 3 is 2.39 bits per heavy atom. The second-order valence-corrected chi connectivity index (χ2v) is 7.07. The number of benzene rings is 2. The van der Waals surface area contributed by atoms with Gasteiger partial charge in [-0.05, 0) is 42.0 Å². The molecule has 0 unspecified atom stereocenters. The normalized spacial score (nSPS) is 10.6. The first kappa shape index (κ1) is 19.8. The summed E-state index contributed by atoms with van der Waals surface area (Å²) in [5.74, 6) is 2.11. The molecule has 28 heavy (non-hydrogen) atoms. The van der Waals surface area contributed by atoms with Gasteiger partial charge in [0.2, 0.25) is 0 Å². The van der Waals surface area contributed by atoms with E-state index in [-0.39, 0.29) is 5.56 Å². The summed E-state index contributed by atoms with van der Waals surface area (Å²) in [7, 11) is 3.60. The standard InChI is InChI=1S/C20H21N3O4S/c1-23-18(13-14-3-7-16(26-2)8-4-14)21-22-20(23)28-12-11-27-17-9-5-15(6-10-17)19(24)25/h3-10H,11-13H2,1-2H3,(H,24,25). The van der Waals surface area contributed by atoms with E-state index in [0.29, 0.717) is 24.5 Å². The quantitative estimate of drug-likeness (QED) is 0.436. The minimum atomic E-state index is -0.949. The van der Waals surface area contributed by atoms with E-state index in [2.05, 4.69) is 10.2 Å². The van der Waals surface area contributed by atoms with Gasteiger partial charge in [-0.1, -0.05) is 23.9 Å². The number of carboxylic acid groups (broad SMARTS) is 1. The molecule has 0 aliphatic heterocycles. The number of ether oxygens (including phenoxy) is 2. The Kier molecular flexibility index (Phi) is 6.54. The molecule has 1 N–H and O–H groups in total. The third-order valence-corrected chi connectivity index (χ3v) is 5.12. The fourth-order valence-corrected chi connectivity index (χ4v) is 3.28. The zero-order valence-electron chi connectivity index (χ0n) is 15.7. The SMILES string of the molecule is COc1ccc(Cc2nnc(SCCOc3ccc(C(=O)O)cc3)n2C)cc1. The third-order valence-electron chi connectivity index (χ3n) is 4.13. The van der Waals surface area contributed by atoms with E-state index < -0.39 is 5.97 Å². The fourth-order valence-electron chi connectivity index (χ4n) is 2.54. The van der Waals surface area contributed by atoms with Crippen LogP contribution >= 0.6 is 11.8 Å². The zero-order valence-corrected chi connectivity index (χ0v) is 16.5. The lowest BCUT2D eigenvalue weighted by atomic mass is 10.1. The maximum atomic E-state index is 10.8. The number of methoxy groups -OCH3 is 1. The minimum absolute atomic E-state index is 0.241. The maximum absolute atomic E-state index is 10.8. The number of hydrogen-bond donors (Lipinski definition) is 1. The Morgan fingerprint density at radius 2 is 1.75 bits per heavy atom. The molecule has 0 radical (unpaired) electrons. The first-order chi connectivity index (χ1) is 13.6.